The first-order valence-corrected chi connectivity index (χ1v) is 8.63. The van der Waals surface area contributed by atoms with E-state index in [0.29, 0.717) is 17.7 Å². The van der Waals surface area contributed by atoms with Gasteiger partial charge in [-0.1, -0.05) is 18.7 Å². The molecule has 8 heteroatoms. The molecule has 1 aromatic heterocycles. The summed E-state index contributed by atoms with van der Waals surface area (Å²) in [4.78, 5) is 18.4. The number of anilines is 1. The third-order valence-corrected chi connectivity index (χ3v) is 4.94. The number of nitrogens with zero attached hydrogens (tertiary/aromatic N) is 3. The van der Waals surface area contributed by atoms with Crippen LogP contribution in [0.5, 0.6) is 0 Å². The number of hydrogen-bond donors (Lipinski definition) is 2. The largest absolute Gasteiger partial charge is 0.316 e. The predicted molar refractivity (Wildman–Crippen MR) is 83.5 cm³/mol. The highest BCUT2D eigenvalue weighted by Crippen LogP contribution is 2.20. The summed E-state index contributed by atoms with van der Waals surface area (Å²) in [6.07, 6.45) is 2.19. The molecule has 20 heavy (non-hydrogen) atoms. The molecule has 0 radical (unpaired) electrons. The van der Waals surface area contributed by atoms with Crippen LogP contribution in [0.2, 0.25) is 0 Å². The van der Waals surface area contributed by atoms with Gasteiger partial charge in [0, 0.05) is 36.4 Å². The van der Waals surface area contributed by atoms with E-state index >= 15 is 0 Å². The minimum atomic E-state index is -0.00931. The zero-order valence-electron chi connectivity index (χ0n) is 11.9. The van der Waals surface area contributed by atoms with E-state index in [2.05, 4.69) is 31.8 Å². The summed E-state index contributed by atoms with van der Waals surface area (Å²) in [5.74, 6) is 0.994. The van der Waals surface area contributed by atoms with Crippen molar-refractivity contribution < 1.29 is 4.79 Å². The number of amides is 1. The maximum atomic E-state index is 11.9. The molecule has 0 bridgehead atoms. The van der Waals surface area contributed by atoms with Crippen LogP contribution >= 0.6 is 23.3 Å². The lowest BCUT2D eigenvalue weighted by molar-refractivity contribution is -0.117. The lowest BCUT2D eigenvalue weighted by Gasteiger charge is -2.14. The van der Waals surface area contributed by atoms with E-state index in [9.17, 15) is 4.79 Å². The Hall–Kier alpha value is -0.700. The first-order valence-electron chi connectivity index (χ1n) is 6.87. The molecule has 1 amide bonds. The molecule has 1 saturated heterocycles. The Morgan fingerprint density at radius 2 is 2.45 bits per heavy atom. The minimum Gasteiger partial charge on any atom is -0.316 e. The van der Waals surface area contributed by atoms with Crippen LogP contribution in [-0.2, 0) is 4.79 Å². The molecule has 0 saturated carbocycles. The molecular weight excluding hydrogens is 294 g/mol. The van der Waals surface area contributed by atoms with Crippen LogP contribution in [-0.4, -0.2) is 58.6 Å². The number of thioether (sulfide) groups is 1. The predicted octanol–water partition coefficient (Wildman–Crippen LogP) is 1.27. The fraction of sp³-hybridized carbons (Fsp3) is 0.750. The van der Waals surface area contributed by atoms with Crippen molar-refractivity contribution in [2.75, 3.05) is 37.8 Å². The molecular formula is C12H21N5OS2. The van der Waals surface area contributed by atoms with Crippen LogP contribution in [0.3, 0.4) is 0 Å². The number of aromatic nitrogens is 2. The van der Waals surface area contributed by atoms with Crippen molar-refractivity contribution in [3.63, 3.8) is 0 Å². The Balaban J connectivity index is 1.75. The average Bonchev–Trinajstić information content (AvgIpc) is 3.05. The van der Waals surface area contributed by atoms with Gasteiger partial charge in [0.1, 0.15) is 0 Å². The Morgan fingerprint density at radius 3 is 3.15 bits per heavy atom. The quantitative estimate of drug-likeness (QED) is 0.739. The molecule has 6 nitrogen and oxygen atoms in total. The van der Waals surface area contributed by atoms with Gasteiger partial charge < -0.3 is 5.32 Å². The number of hydrogen-bond acceptors (Lipinski definition) is 7. The Labute approximate surface area is 127 Å². The molecule has 112 valence electrons. The van der Waals surface area contributed by atoms with E-state index in [4.69, 9.17) is 0 Å². The van der Waals surface area contributed by atoms with Crippen molar-refractivity contribution in [1.29, 1.82) is 0 Å². The molecule has 1 unspecified atom stereocenters. The van der Waals surface area contributed by atoms with E-state index in [-0.39, 0.29) is 5.91 Å². The average molecular weight is 315 g/mol. The molecule has 1 aliphatic heterocycles. The summed E-state index contributed by atoms with van der Waals surface area (Å²) in [7, 11) is 1.96. The first-order chi connectivity index (χ1) is 9.71. The fourth-order valence-corrected chi connectivity index (χ4v) is 3.50. The molecule has 1 aliphatic rings. The monoisotopic (exact) mass is 315 g/mol. The standard InChI is InChI=1S/C12H21N5OS2/c1-3-6-19-12-15-11(20-16-12)14-10(18)8-17-5-4-9(7-17)13-2/h9,13H,3-8H2,1-2H3,(H,14,15,16,18). The summed E-state index contributed by atoms with van der Waals surface area (Å²) in [6, 6.07) is 0.501. The van der Waals surface area contributed by atoms with Gasteiger partial charge in [-0.2, -0.15) is 9.36 Å². The highest BCUT2D eigenvalue weighted by atomic mass is 32.2. The zero-order chi connectivity index (χ0) is 14.4. The molecule has 2 N–H and O–H groups in total. The maximum absolute atomic E-state index is 11.9. The van der Waals surface area contributed by atoms with Crippen LogP contribution in [0, 0.1) is 0 Å². The number of carbonyl (C=O) groups is 1. The van der Waals surface area contributed by atoms with E-state index in [1.165, 1.54) is 11.5 Å². The normalized spacial score (nSPS) is 19.4. The van der Waals surface area contributed by atoms with Crippen LogP contribution in [0.4, 0.5) is 5.13 Å². The van der Waals surface area contributed by atoms with Crippen molar-refractivity contribution in [3.8, 4) is 0 Å². The van der Waals surface area contributed by atoms with Gasteiger partial charge in [-0.25, -0.2) is 0 Å². The van der Waals surface area contributed by atoms with Gasteiger partial charge in [-0.15, -0.1) is 0 Å². The van der Waals surface area contributed by atoms with Gasteiger partial charge in [0.2, 0.25) is 16.2 Å². The molecule has 1 aromatic rings. The summed E-state index contributed by atoms with van der Waals surface area (Å²) in [5, 5.41) is 7.42. The summed E-state index contributed by atoms with van der Waals surface area (Å²) in [6.45, 7) is 4.44. The third kappa shape index (κ3) is 4.69. The van der Waals surface area contributed by atoms with Gasteiger partial charge in [-0.3, -0.25) is 15.0 Å². The third-order valence-electron chi connectivity index (χ3n) is 3.14. The van der Waals surface area contributed by atoms with Crippen molar-refractivity contribution in [1.82, 2.24) is 19.6 Å². The van der Waals surface area contributed by atoms with Gasteiger partial charge >= 0.3 is 0 Å². The van der Waals surface area contributed by atoms with Crippen LogP contribution in [0.25, 0.3) is 0 Å². The fourth-order valence-electron chi connectivity index (χ4n) is 2.09. The second kappa shape index (κ2) is 7.92. The topological polar surface area (TPSA) is 70.2 Å². The van der Waals surface area contributed by atoms with E-state index < -0.39 is 0 Å². The van der Waals surface area contributed by atoms with Gasteiger partial charge in [-0.05, 0) is 19.9 Å². The molecule has 2 rings (SSSR count). The van der Waals surface area contributed by atoms with Gasteiger partial charge in [0.15, 0.2) is 0 Å². The van der Waals surface area contributed by atoms with Gasteiger partial charge in [0.05, 0.1) is 6.54 Å². The second-order valence-corrected chi connectivity index (χ2v) is 6.60. The van der Waals surface area contributed by atoms with Crippen LogP contribution in [0.1, 0.15) is 19.8 Å². The second-order valence-electron chi connectivity index (χ2n) is 4.79. The molecule has 1 atom stereocenters. The maximum Gasteiger partial charge on any atom is 0.240 e. The first kappa shape index (κ1) is 15.7. The summed E-state index contributed by atoms with van der Waals surface area (Å²) >= 11 is 2.87. The Kier molecular flexibility index (Phi) is 6.21. The Morgan fingerprint density at radius 1 is 1.60 bits per heavy atom. The minimum absolute atomic E-state index is 0.00931. The van der Waals surface area contributed by atoms with Crippen molar-refractivity contribution >= 4 is 34.3 Å². The number of rotatable bonds is 7. The van der Waals surface area contributed by atoms with Crippen LogP contribution in [0.15, 0.2) is 5.16 Å². The molecule has 0 aromatic carbocycles. The van der Waals surface area contributed by atoms with Crippen LogP contribution < -0.4 is 10.6 Å². The van der Waals surface area contributed by atoms with Gasteiger partial charge in [0.25, 0.3) is 0 Å². The zero-order valence-corrected chi connectivity index (χ0v) is 13.5. The van der Waals surface area contributed by atoms with Crippen molar-refractivity contribution in [2.45, 2.75) is 31.0 Å². The summed E-state index contributed by atoms with van der Waals surface area (Å²) < 4.78 is 4.22. The Bertz CT molecular complexity index is 439. The summed E-state index contributed by atoms with van der Waals surface area (Å²) in [5.41, 5.74) is 0. The highest BCUT2D eigenvalue weighted by molar-refractivity contribution is 7.99. The number of likely N-dealkylation sites (tertiary alicyclic amines) is 1. The SMILES string of the molecule is CCCSc1nsc(NC(=O)CN2CCC(NC)C2)n1. The van der Waals surface area contributed by atoms with Crippen molar-refractivity contribution in [3.05, 3.63) is 0 Å². The van der Waals surface area contributed by atoms with E-state index in [0.717, 1.165) is 36.8 Å². The molecule has 2 heterocycles. The molecule has 0 spiro atoms. The molecule has 1 fully saturated rings. The lowest BCUT2D eigenvalue weighted by Crippen LogP contribution is -2.34. The number of carbonyl (C=O) groups excluding carboxylic acids is 1. The smallest absolute Gasteiger partial charge is 0.240 e. The number of nitrogens with one attached hydrogen (secondary N) is 2. The van der Waals surface area contributed by atoms with Crippen molar-refractivity contribution in [2.24, 2.45) is 0 Å². The molecule has 0 aliphatic carbocycles. The van der Waals surface area contributed by atoms with E-state index in [1.807, 2.05) is 7.05 Å². The number of likely N-dealkylation sites (N-methyl/N-ethyl adjacent to an activating group) is 1. The lowest BCUT2D eigenvalue weighted by atomic mass is 10.3. The highest BCUT2D eigenvalue weighted by Gasteiger charge is 2.22. The van der Waals surface area contributed by atoms with E-state index in [1.54, 1.807) is 11.8 Å².